The van der Waals surface area contributed by atoms with Gasteiger partial charge in [-0.2, -0.15) is 0 Å². The van der Waals surface area contributed by atoms with Gasteiger partial charge in [-0.3, -0.25) is 0 Å². The third kappa shape index (κ3) is 2.61. The molecular formula is C9H10F2INO. The Kier molecular flexibility index (Phi) is 4.21. The van der Waals surface area contributed by atoms with Gasteiger partial charge in [0.25, 0.3) is 0 Å². The number of aliphatic hydroxyl groups excluding tert-OH is 1. The van der Waals surface area contributed by atoms with E-state index in [0.717, 1.165) is 0 Å². The molecule has 0 bridgehead atoms. The molecule has 3 N–H and O–H groups in total. The summed E-state index contributed by atoms with van der Waals surface area (Å²) in [6, 6.07) is 1.87. The van der Waals surface area contributed by atoms with E-state index in [9.17, 15) is 8.78 Å². The molecule has 0 amide bonds. The lowest BCUT2D eigenvalue weighted by Crippen LogP contribution is -2.13. The van der Waals surface area contributed by atoms with Gasteiger partial charge in [-0.25, -0.2) is 8.78 Å². The van der Waals surface area contributed by atoms with Gasteiger partial charge in [0.1, 0.15) is 11.6 Å². The van der Waals surface area contributed by atoms with Crippen LogP contribution in [0.5, 0.6) is 0 Å². The normalized spacial score (nSPS) is 12.9. The van der Waals surface area contributed by atoms with Gasteiger partial charge in [0.15, 0.2) is 0 Å². The Balaban J connectivity index is 3.00. The van der Waals surface area contributed by atoms with Crippen LogP contribution in [0.1, 0.15) is 18.0 Å². The SMILES string of the molecule is NC(CCO)c1cc(F)c(I)c(F)c1. The van der Waals surface area contributed by atoms with Crippen molar-refractivity contribution < 1.29 is 13.9 Å². The molecule has 1 atom stereocenters. The largest absolute Gasteiger partial charge is 0.396 e. The van der Waals surface area contributed by atoms with Crippen molar-refractivity contribution >= 4 is 22.6 Å². The monoisotopic (exact) mass is 313 g/mol. The van der Waals surface area contributed by atoms with Crippen LogP contribution in [0.3, 0.4) is 0 Å². The number of benzene rings is 1. The summed E-state index contributed by atoms with van der Waals surface area (Å²) >= 11 is 1.59. The third-order valence-corrected chi connectivity index (χ3v) is 2.90. The number of nitrogens with two attached hydrogens (primary N) is 1. The molecule has 0 saturated heterocycles. The van der Waals surface area contributed by atoms with E-state index in [-0.39, 0.29) is 10.2 Å². The molecule has 78 valence electrons. The Labute approximate surface area is 94.3 Å². The molecule has 0 aliphatic heterocycles. The molecule has 0 aliphatic carbocycles. The standard InChI is InChI=1S/C9H10F2INO/c10-6-3-5(8(13)1-2-14)4-7(11)9(6)12/h3-4,8,14H,1-2,13H2. The molecule has 1 rings (SSSR count). The molecule has 0 aliphatic rings. The molecule has 1 aromatic carbocycles. The Morgan fingerprint density at radius 3 is 2.29 bits per heavy atom. The lowest BCUT2D eigenvalue weighted by molar-refractivity contribution is 0.276. The molecule has 0 fully saturated rings. The average Bonchev–Trinajstić information content (AvgIpc) is 2.13. The molecular weight excluding hydrogens is 303 g/mol. The van der Waals surface area contributed by atoms with Crippen LogP contribution in [0.4, 0.5) is 8.78 Å². The van der Waals surface area contributed by atoms with E-state index in [4.69, 9.17) is 10.8 Å². The summed E-state index contributed by atoms with van der Waals surface area (Å²) in [5.74, 6) is -1.23. The topological polar surface area (TPSA) is 46.2 Å². The second-order valence-corrected chi connectivity index (χ2v) is 4.00. The minimum absolute atomic E-state index is 0.0393. The first-order chi connectivity index (χ1) is 6.56. The van der Waals surface area contributed by atoms with Crippen molar-refractivity contribution in [2.75, 3.05) is 6.61 Å². The summed E-state index contributed by atoms with van der Waals surface area (Å²) in [6.45, 7) is -0.101. The van der Waals surface area contributed by atoms with E-state index in [1.54, 1.807) is 22.6 Å². The van der Waals surface area contributed by atoms with Crippen LogP contribution in [-0.2, 0) is 0 Å². The number of halogens is 3. The maximum atomic E-state index is 13.1. The van der Waals surface area contributed by atoms with Crippen LogP contribution in [-0.4, -0.2) is 11.7 Å². The van der Waals surface area contributed by atoms with Crippen LogP contribution >= 0.6 is 22.6 Å². The highest BCUT2D eigenvalue weighted by atomic mass is 127. The Morgan fingerprint density at radius 2 is 1.86 bits per heavy atom. The summed E-state index contributed by atoms with van der Waals surface area (Å²) in [5, 5.41) is 8.62. The fourth-order valence-corrected chi connectivity index (χ4v) is 1.41. The maximum Gasteiger partial charge on any atom is 0.139 e. The first-order valence-electron chi connectivity index (χ1n) is 4.07. The molecule has 0 saturated carbocycles. The minimum Gasteiger partial charge on any atom is -0.396 e. The lowest BCUT2D eigenvalue weighted by Gasteiger charge is -2.11. The summed E-state index contributed by atoms with van der Waals surface area (Å²) in [6.07, 6.45) is 0.291. The minimum atomic E-state index is -0.617. The lowest BCUT2D eigenvalue weighted by atomic mass is 10.1. The molecule has 14 heavy (non-hydrogen) atoms. The quantitative estimate of drug-likeness (QED) is 0.662. The van der Waals surface area contributed by atoms with Crippen LogP contribution in [0, 0.1) is 15.2 Å². The van der Waals surface area contributed by atoms with Crippen LogP contribution in [0.25, 0.3) is 0 Å². The van der Waals surface area contributed by atoms with Crippen LogP contribution in [0.2, 0.25) is 0 Å². The van der Waals surface area contributed by atoms with Crippen molar-refractivity contribution in [1.29, 1.82) is 0 Å². The van der Waals surface area contributed by atoms with Crippen molar-refractivity contribution in [3.05, 3.63) is 32.9 Å². The molecule has 5 heteroatoms. The molecule has 0 spiro atoms. The Bertz CT molecular complexity index is 310. The first-order valence-corrected chi connectivity index (χ1v) is 5.15. The second-order valence-electron chi connectivity index (χ2n) is 2.92. The van der Waals surface area contributed by atoms with E-state index < -0.39 is 17.7 Å². The summed E-state index contributed by atoms with van der Waals surface area (Å²) in [7, 11) is 0. The van der Waals surface area contributed by atoms with E-state index >= 15 is 0 Å². The average molecular weight is 313 g/mol. The fourth-order valence-electron chi connectivity index (χ4n) is 1.09. The molecule has 1 unspecified atom stereocenters. The Hall–Kier alpha value is -0.270. The molecule has 0 heterocycles. The van der Waals surface area contributed by atoms with E-state index in [1.165, 1.54) is 12.1 Å². The smallest absolute Gasteiger partial charge is 0.139 e. The first kappa shape index (κ1) is 11.8. The zero-order valence-electron chi connectivity index (χ0n) is 7.30. The van der Waals surface area contributed by atoms with E-state index in [1.807, 2.05) is 0 Å². The van der Waals surface area contributed by atoms with E-state index in [2.05, 4.69) is 0 Å². The van der Waals surface area contributed by atoms with Gasteiger partial charge in [-0.05, 0) is 46.7 Å². The number of aliphatic hydroxyl groups is 1. The molecule has 0 aromatic heterocycles. The highest BCUT2D eigenvalue weighted by Gasteiger charge is 2.12. The van der Waals surface area contributed by atoms with Crippen LogP contribution < -0.4 is 5.73 Å². The van der Waals surface area contributed by atoms with Gasteiger partial charge in [0.2, 0.25) is 0 Å². The highest BCUT2D eigenvalue weighted by Crippen LogP contribution is 2.21. The van der Waals surface area contributed by atoms with E-state index in [0.29, 0.717) is 12.0 Å². The number of hydrogen-bond donors (Lipinski definition) is 2. The van der Waals surface area contributed by atoms with Crippen LogP contribution in [0.15, 0.2) is 12.1 Å². The second kappa shape index (κ2) is 4.99. The van der Waals surface area contributed by atoms with Crippen molar-refractivity contribution in [2.24, 2.45) is 5.73 Å². The predicted molar refractivity (Wildman–Crippen MR) is 57.7 cm³/mol. The number of rotatable bonds is 3. The summed E-state index contributed by atoms with van der Waals surface area (Å²) in [5.41, 5.74) is 5.97. The Morgan fingerprint density at radius 1 is 1.36 bits per heavy atom. The van der Waals surface area contributed by atoms with Gasteiger partial charge >= 0.3 is 0 Å². The van der Waals surface area contributed by atoms with Crippen molar-refractivity contribution in [3.63, 3.8) is 0 Å². The predicted octanol–water partition coefficient (Wildman–Crippen LogP) is 1.95. The summed E-state index contributed by atoms with van der Waals surface area (Å²) in [4.78, 5) is 0. The summed E-state index contributed by atoms with van der Waals surface area (Å²) < 4.78 is 26.1. The molecule has 2 nitrogen and oxygen atoms in total. The van der Waals surface area contributed by atoms with Crippen molar-refractivity contribution in [3.8, 4) is 0 Å². The third-order valence-electron chi connectivity index (χ3n) is 1.87. The van der Waals surface area contributed by atoms with Gasteiger partial charge in [-0.1, -0.05) is 0 Å². The zero-order chi connectivity index (χ0) is 10.7. The van der Waals surface area contributed by atoms with Gasteiger partial charge in [0.05, 0.1) is 3.57 Å². The highest BCUT2D eigenvalue weighted by molar-refractivity contribution is 14.1. The molecule has 0 radical (unpaired) electrons. The maximum absolute atomic E-state index is 13.1. The van der Waals surface area contributed by atoms with Gasteiger partial charge < -0.3 is 10.8 Å². The fraction of sp³-hybridized carbons (Fsp3) is 0.333. The van der Waals surface area contributed by atoms with Gasteiger partial charge in [0, 0.05) is 12.6 Å². The number of hydrogen-bond acceptors (Lipinski definition) is 2. The van der Waals surface area contributed by atoms with Gasteiger partial charge in [-0.15, -0.1) is 0 Å². The van der Waals surface area contributed by atoms with Crippen molar-refractivity contribution in [2.45, 2.75) is 12.5 Å². The zero-order valence-corrected chi connectivity index (χ0v) is 9.46. The van der Waals surface area contributed by atoms with Crippen molar-refractivity contribution in [1.82, 2.24) is 0 Å². The molecule has 1 aromatic rings.